The molecule has 0 aromatic heterocycles. The standard InChI is InChI=1S/C8H8FOS/c9-6-10-8(11)7-4-2-1-3-5-7/h1-5,8H,6H2. The lowest BCUT2D eigenvalue weighted by Crippen LogP contribution is -1.94. The molecule has 1 radical (unpaired) electrons. The van der Waals surface area contributed by atoms with Crippen molar-refractivity contribution < 1.29 is 9.13 Å². The minimum Gasteiger partial charge on any atom is -0.331 e. The van der Waals surface area contributed by atoms with Gasteiger partial charge in [-0.3, -0.25) is 0 Å². The van der Waals surface area contributed by atoms with Gasteiger partial charge < -0.3 is 4.74 Å². The highest BCUT2D eigenvalue weighted by molar-refractivity contribution is 7.80. The number of hydrogen-bond acceptors (Lipinski definition) is 1. The van der Waals surface area contributed by atoms with E-state index in [0.717, 1.165) is 5.56 Å². The molecule has 1 rings (SSSR count). The molecular formula is C8H8FOS. The summed E-state index contributed by atoms with van der Waals surface area (Å²) in [5.41, 5.74) is 0.251. The van der Waals surface area contributed by atoms with Crippen molar-refractivity contribution in [2.24, 2.45) is 0 Å². The van der Waals surface area contributed by atoms with E-state index in [0.29, 0.717) is 0 Å². The summed E-state index contributed by atoms with van der Waals surface area (Å²) in [7, 11) is 0. The highest BCUT2D eigenvalue weighted by Crippen LogP contribution is 2.20. The Bertz CT molecular complexity index is 203. The molecule has 0 heterocycles. The van der Waals surface area contributed by atoms with Crippen molar-refractivity contribution in [3.8, 4) is 0 Å². The van der Waals surface area contributed by atoms with E-state index in [1.165, 1.54) is 0 Å². The van der Waals surface area contributed by atoms with Gasteiger partial charge in [0, 0.05) is 0 Å². The van der Waals surface area contributed by atoms with Crippen LogP contribution in [0.1, 0.15) is 11.0 Å². The predicted molar refractivity (Wildman–Crippen MR) is 43.8 cm³/mol. The lowest BCUT2D eigenvalue weighted by atomic mass is 10.2. The van der Waals surface area contributed by atoms with Crippen LogP contribution in [-0.4, -0.2) is 6.86 Å². The molecule has 0 saturated carbocycles. The Morgan fingerprint density at radius 3 is 2.55 bits per heavy atom. The van der Waals surface area contributed by atoms with Crippen LogP contribution in [0.3, 0.4) is 0 Å². The molecule has 1 atom stereocenters. The van der Waals surface area contributed by atoms with E-state index in [-0.39, 0.29) is 0 Å². The molecule has 11 heavy (non-hydrogen) atoms. The van der Waals surface area contributed by atoms with Gasteiger partial charge in [0.25, 0.3) is 0 Å². The maximum atomic E-state index is 11.6. The zero-order valence-electron chi connectivity index (χ0n) is 5.87. The second-order valence-corrected chi connectivity index (χ2v) is 2.45. The second kappa shape index (κ2) is 4.36. The van der Waals surface area contributed by atoms with Gasteiger partial charge in [0.05, 0.1) is 0 Å². The van der Waals surface area contributed by atoms with Gasteiger partial charge in [-0.15, -0.1) is 0 Å². The summed E-state index contributed by atoms with van der Waals surface area (Å²) in [5.74, 6) is 0. The fourth-order valence-electron chi connectivity index (χ4n) is 0.764. The summed E-state index contributed by atoms with van der Waals surface area (Å²) < 4.78 is 16.2. The zero-order valence-corrected chi connectivity index (χ0v) is 6.68. The number of halogens is 1. The van der Waals surface area contributed by atoms with Crippen molar-refractivity contribution in [3.63, 3.8) is 0 Å². The molecule has 0 aliphatic heterocycles. The summed E-state index contributed by atoms with van der Waals surface area (Å²) in [6.07, 6.45) is 0. The van der Waals surface area contributed by atoms with E-state index < -0.39 is 12.3 Å². The lowest BCUT2D eigenvalue weighted by molar-refractivity contribution is 0.0416. The van der Waals surface area contributed by atoms with Gasteiger partial charge in [-0.2, -0.15) is 0 Å². The van der Waals surface area contributed by atoms with E-state index in [4.69, 9.17) is 12.6 Å². The Balaban J connectivity index is 2.61. The highest BCUT2D eigenvalue weighted by Gasteiger charge is 2.04. The summed E-state index contributed by atoms with van der Waals surface area (Å²) in [6, 6.07) is 9.19. The maximum Gasteiger partial charge on any atom is 0.190 e. The molecule has 0 bridgehead atoms. The molecule has 0 amide bonds. The number of ether oxygens (including phenoxy) is 1. The second-order valence-electron chi connectivity index (χ2n) is 2.02. The monoisotopic (exact) mass is 171 g/mol. The van der Waals surface area contributed by atoms with Gasteiger partial charge in [0.1, 0.15) is 5.44 Å². The van der Waals surface area contributed by atoms with Crippen LogP contribution in [0.25, 0.3) is 0 Å². The van der Waals surface area contributed by atoms with Crippen molar-refractivity contribution in [1.29, 1.82) is 0 Å². The molecule has 1 unspecified atom stereocenters. The van der Waals surface area contributed by atoms with Gasteiger partial charge in [-0.1, -0.05) is 43.0 Å². The Kier molecular flexibility index (Phi) is 3.39. The fraction of sp³-hybridized carbons (Fsp3) is 0.250. The first-order valence-electron chi connectivity index (χ1n) is 3.23. The van der Waals surface area contributed by atoms with Gasteiger partial charge in [0.15, 0.2) is 6.86 Å². The molecule has 3 heteroatoms. The summed E-state index contributed by atoms with van der Waals surface area (Å²) >= 11 is 4.84. The van der Waals surface area contributed by atoms with Crippen molar-refractivity contribution in [3.05, 3.63) is 35.9 Å². The average molecular weight is 171 g/mol. The van der Waals surface area contributed by atoms with Gasteiger partial charge in [0.2, 0.25) is 0 Å². The third-order valence-corrected chi connectivity index (χ3v) is 1.69. The first-order valence-corrected chi connectivity index (χ1v) is 3.70. The molecule has 0 N–H and O–H groups in total. The molecule has 1 nitrogen and oxygen atoms in total. The number of hydrogen-bond donors (Lipinski definition) is 0. The first-order chi connectivity index (χ1) is 5.34. The van der Waals surface area contributed by atoms with E-state index in [2.05, 4.69) is 4.74 Å². The molecule has 1 aromatic rings. The normalized spacial score (nSPS) is 12.9. The number of rotatable bonds is 3. The summed E-state index contributed by atoms with van der Waals surface area (Å²) in [5, 5.41) is 0. The number of alkyl halides is 1. The molecule has 0 saturated heterocycles. The van der Waals surface area contributed by atoms with Crippen LogP contribution < -0.4 is 0 Å². The number of benzene rings is 1. The largest absolute Gasteiger partial charge is 0.331 e. The van der Waals surface area contributed by atoms with E-state index in [9.17, 15) is 4.39 Å². The van der Waals surface area contributed by atoms with E-state index >= 15 is 0 Å². The maximum absolute atomic E-state index is 11.6. The van der Waals surface area contributed by atoms with Gasteiger partial charge in [-0.05, 0) is 5.56 Å². The van der Waals surface area contributed by atoms with E-state index in [1.807, 2.05) is 30.3 Å². The Labute approximate surface area is 70.6 Å². The van der Waals surface area contributed by atoms with Crippen LogP contribution in [0, 0.1) is 0 Å². The third kappa shape index (κ3) is 2.52. The third-order valence-electron chi connectivity index (χ3n) is 1.29. The minimum absolute atomic E-state index is 0.568. The van der Waals surface area contributed by atoms with Crippen LogP contribution in [0.5, 0.6) is 0 Å². The Morgan fingerprint density at radius 2 is 2.00 bits per heavy atom. The molecular weight excluding hydrogens is 163 g/mol. The quantitative estimate of drug-likeness (QED) is 0.679. The average Bonchev–Trinajstić information content (AvgIpc) is 2.07. The van der Waals surface area contributed by atoms with Crippen molar-refractivity contribution in [2.45, 2.75) is 5.44 Å². The molecule has 1 aromatic carbocycles. The molecule has 0 spiro atoms. The van der Waals surface area contributed by atoms with Crippen LogP contribution in [0.2, 0.25) is 0 Å². The van der Waals surface area contributed by atoms with Crippen LogP contribution in [-0.2, 0) is 4.74 Å². The fourth-order valence-corrected chi connectivity index (χ4v) is 0.972. The van der Waals surface area contributed by atoms with E-state index in [1.54, 1.807) is 0 Å². The SMILES string of the molecule is FCOC([S])c1ccccc1. The summed E-state index contributed by atoms with van der Waals surface area (Å²) in [4.78, 5) is 0. The van der Waals surface area contributed by atoms with Crippen molar-refractivity contribution in [2.75, 3.05) is 6.86 Å². The molecule has 59 valence electrons. The van der Waals surface area contributed by atoms with Crippen molar-refractivity contribution >= 4 is 12.6 Å². The van der Waals surface area contributed by atoms with Crippen LogP contribution >= 0.6 is 12.6 Å². The highest BCUT2D eigenvalue weighted by atomic mass is 32.1. The van der Waals surface area contributed by atoms with Gasteiger partial charge >= 0.3 is 0 Å². The lowest BCUT2D eigenvalue weighted by Gasteiger charge is -2.07. The summed E-state index contributed by atoms with van der Waals surface area (Å²) in [6.45, 7) is -0.830. The smallest absolute Gasteiger partial charge is 0.190 e. The minimum atomic E-state index is -0.830. The van der Waals surface area contributed by atoms with Gasteiger partial charge in [-0.25, -0.2) is 4.39 Å². The molecule has 0 fully saturated rings. The Morgan fingerprint density at radius 1 is 1.36 bits per heavy atom. The Hall–Kier alpha value is -0.540. The topological polar surface area (TPSA) is 9.23 Å². The molecule has 0 aliphatic rings. The first kappa shape index (κ1) is 8.56. The van der Waals surface area contributed by atoms with Crippen LogP contribution in [0.15, 0.2) is 30.3 Å². The zero-order chi connectivity index (χ0) is 8.10. The molecule has 0 aliphatic carbocycles. The van der Waals surface area contributed by atoms with Crippen LogP contribution in [0.4, 0.5) is 4.39 Å². The van der Waals surface area contributed by atoms with Crippen molar-refractivity contribution in [1.82, 2.24) is 0 Å². The predicted octanol–water partition coefficient (Wildman–Crippen LogP) is 2.83.